The molecule has 16 aromatic carbocycles. The highest BCUT2D eigenvalue weighted by molar-refractivity contribution is 6.04. The van der Waals surface area contributed by atoms with Crippen LogP contribution in [0.1, 0.15) is 131 Å². The maximum atomic E-state index is 4.20. The van der Waals surface area contributed by atoms with Crippen LogP contribution < -0.4 is 9.80 Å². The molecule has 19 rings (SSSR count). The van der Waals surface area contributed by atoms with E-state index in [-0.39, 0.29) is 10.8 Å². The molecule has 3 aliphatic rings. The highest BCUT2D eigenvalue weighted by atomic mass is 15.2. The van der Waals surface area contributed by atoms with Crippen molar-refractivity contribution in [2.24, 2.45) is 0 Å². The molecule has 0 fully saturated rings. The van der Waals surface area contributed by atoms with Crippen molar-refractivity contribution in [1.29, 1.82) is 0 Å². The molecule has 0 bridgehead atoms. The lowest BCUT2D eigenvalue weighted by Gasteiger charge is -2.38. The first kappa shape index (κ1) is 66.8. The summed E-state index contributed by atoms with van der Waals surface area (Å²) in [5.74, 6) is 0. The standard InChI is InChI=1S/C107H84N2/c1-9-71-45-49-78(50-46-71)105(77-31-12-11-13-32-77,79-57-53-75(54-58-79)103(3,4)5)82-33-26-34-83(67-82)108(101-43-24-29-73-27-14-16-35-87(73)101)85-62-65-93-90-38-19-22-41-96(90)107(99(93)69-85)97-42-23-20-39-91(97)94-66-63-86(70-100(94)107)109(102-44-25-30-74-28-15-17-36-88(74)102)84-61-64-92-89-37-18-21-40-95(89)106(98(92)68-84,80-51-47-72(10-2)48-52-80)81-59-55-76(56-60-81)104(6,7)8/h9-70H,1-2H2,3-8H3. The summed E-state index contributed by atoms with van der Waals surface area (Å²) in [6.45, 7) is 22.2. The maximum absolute atomic E-state index is 4.20. The smallest absolute Gasteiger partial charge is 0.0727 e. The highest BCUT2D eigenvalue weighted by Gasteiger charge is 2.53. The molecule has 0 aromatic heterocycles. The molecule has 522 valence electrons. The first-order valence-electron chi connectivity index (χ1n) is 38.3. The molecule has 0 radical (unpaired) electrons. The minimum absolute atomic E-state index is 0.0294. The molecule has 0 saturated carbocycles. The van der Waals surface area contributed by atoms with Gasteiger partial charge in [0.15, 0.2) is 0 Å². The van der Waals surface area contributed by atoms with E-state index in [4.69, 9.17) is 0 Å². The fraction of sp³-hybridized carbons (Fsp3) is 0.103. The van der Waals surface area contributed by atoms with Gasteiger partial charge < -0.3 is 9.80 Å². The minimum Gasteiger partial charge on any atom is -0.310 e. The Kier molecular flexibility index (Phi) is 15.7. The van der Waals surface area contributed by atoms with Crippen LogP contribution >= 0.6 is 0 Å². The molecule has 0 amide bonds. The number of hydrogen-bond donors (Lipinski definition) is 0. The van der Waals surface area contributed by atoms with Gasteiger partial charge in [-0.15, -0.1) is 0 Å². The number of rotatable bonds is 14. The molecule has 0 N–H and O–H groups in total. The van der Waals surface area contributed by atoms with Crippen LogP contribution in [0.15, 0.2) is 377 Å². The number of hydrogen-bond acceptors (Lipinski definition) is 2. The number of nitrogens with zero attached hydrogens (tertiary/aromatic N) is 2. The van der Waals surface area contributed by atoms with Crippen LogP contribution in [0.2, 0.25) is 0 Å². The van der Waals surface area contributed by atoms with E-state index in [0.717, 1.165) is 56.2 Å². The van der Waals surface area contributed by atoms with Gasteiger partial charge in [0.1, 0.15) is 0 Å². The molecule has 0 heterocycles. The molecule has 0 aliphatic heterocycles. The average molecular weight is 1400 g/mol. The molecular weight excluding hydrogens is 1310 g/mol. The summed E-state index contributed by atoms with van der Waals surface area (Å²) >= 11 is 0. The SMILES string of the molecule is C=Cc1ccc(C(c2ccccc2)(c2ccc(C(C)(C)C)cc2)c2cccc(N(c3ccc4c(c3)C3(c5ccccc5-4)c4ccccc4-c4ccc(N(c5ccc6c(c5)C(c5ccc(C=C)cc5)(c5ccc(C(C)(C)C)cc5)c5ccccc5-6)c5cccc6ccccc56)cc43)c3cccc4ccccc34)c2)cc1. The topological polar surface area (TPSA) is 6.48 Å². The van der Waals surface area contributed by atoms with Gasteiger partial charge in [0.25, 0.3) is 0 Å². The summed E-state index contributed by atoms with van der Waals surface area (Å²) in [5.41, 5.74) is 31.0. The van der Waals surface area contributed by atoms with Crippen molar-refractivity contribution < 1.29 is 0 Å². The number of anilines is 6. The van der Waals surface area contributed by atoms with E-state index < -0.39 is 16.2 Å². The van der Waals surface area contributed by atoms with Crippen molar-refractivity contribution >= 4 is 67.8 Å². The zero-order valence-electron chi connectivity index (χ0n) is 62.6. The van der Waals surface area contributed by atoms with Crippen LogP contribution in [0.3, 0.4) is 0 Å². The lowest BCUT2D eigenvalue weighted by Crippen LogP contribution is -2.31. The van der Waals surface area contributed by atoms with Gasteiger partial charge in [0, 0.05) is 33.5 Å². The van der Waals surface area contributed by atoms with E-state index >= 15 is 0 Å². The summed E-state index contributed by atoms with van der Waals surface area (Å²) in [4.78, 5) is 5.11. The summed E-state index contributed by atoms with van der Waals surface area (Å²) in [6.07, 6.45) is 3.89. The van der Waals surface area contributed by atoms with Gasteiger partial charge in [-0.1, -0.05) is 370 Å². The predicted octanol–water partition coefficient (Wildman–Crippen LogP) is 27.9. The van der Waals surface area contributed by atoms with E-state index in [1.165, 1.54) is 122 Å². The fourth-order valence-corrected chi connectivity index (χ4v) is 19.0. The van der Waals surface area contributed by atoms with Crippen molar-refractivity contribution in [3.05, 3.63) is 466 Å². The van der Waals surface area contributed by atoms with Crippen molar-refractivity contribution in [3.8, 4) is 33.4 Å². The second kappa shape index (κ2) is 25.7. The minimum atomic E-state index is -0.759. The van der Waals surface area contributed by atoms with E-state index in [2.05, 4.69) is 428 Å². The van der Waals surface area contributed by atoms with E-state index in [9.17, 15) is 0 Å². The second-order valence-electron chi connectivity index (χ2n) is 32.0. The largest absolute Gasteiger partial charge is 0.310 e. The average Bonchev–Trinajstić information content (AvgIpc) is 1.51. The third-order valence-electron chi connectivity index (χ3n) is 24.1. The van der Waals surface area contributed by atoms with Crippen LogP contribution in [-0.4, -0.2) is 0 Å². The monoisotopic (exact) mass is 1400 g/mol. The second-order valence-corrected chi connectivity index (χ2v) is 32.0. The molecule has 3 aliphatic carbocycles. The first-order valence-corrected chi connectivity index (χ1v) is 38.3. The Balaban J connectivity index is 0.848. The van der Waals surface area contributed by atoms with Gasteiger partial charge in [-0.25, -0.2) is 0 Å². The Morgan fingerprint density at radius 1 is 0.248 bits per heavy atom. The predicted molar refractivity (Wildman–Crippen MR) is 460 cm³/mol. The van der Waals surface area contributed by atoms with Gasteiger partial charge in [-0.05, 0) is 205 Å². The van der Waals surface area contributed by atoms with Crippen molar-refractivity contribution in [1.82, 2.24) is 0 Å². The summed E-state index contributed by atoms with van der Waals surface area (Å²) in [5, 5.41) is 4.67. The Bertz CT molecular complexity index is 6260. The van der Waals surface area contributed by atoms with Gasteiger partial charge >= 0.3 is 0 Å². The van der Waals surface area contributed by atoms with Crippen LogP contribution in [0, 0.1) is 0 Å². The van der Waals surface area contributed by atoms with E-state index in [0.29, 0.717) is 0 Å². The van der Waals surface area contributed by atoms with E-state index in [1.807, 2.05) is 12.2 Å². The zero-order chi connectivity index (χ0) is 74.0. The molecule has 3 atom stereocenters. The Morgan fingerprint density at radius 3 is 1.03 bits per heavy atom. The van der Waals surface area contributed by atoms with Crippen LogP contribution in [0.5, 0.6) is 0 Å². The molecule has 2 nitrogen and oxygen atoms in total. The van der Waals surface area contributed by atoms with Crippen LogP contribution in [0.4, 0.5) is 34.1 Å². The zero-order valence-corrected chi connectivity index (χ0v) is 62.6. The van der Waals surface area contributed by atoms with Crippen LogP contribution in [-0.2, 0) is 27.1 Å². The molecule has 1 spiro atoms. The number of fused-ring (bicyclic) bond motifs is 15. The lowest BCUT2D eigenvalue weighted by molar-refractivity contribution is 0.589. The Labute approximate surface area is 641 Å². The third-order valence-corrected chi connectivity index (χ3v) is 24.1. The summed E-state index contributed by atoms with van der Waals surface area (Å²) in [6, 6.07) is 139. The van der Waals surface area contributed by atoms with Gasteiger partial charge in [0.05, 0.1) is 27.6 Å². The van der Waals surface area contributed by atoms with Gasteiger partial charge in [-0.3, -0.25) is 0 Å². The fourth-order valence-electron chi connectivity index (χ4n) is 19.0. The first-order chi connectivity index (χ1) is 53.2. The van der Waals surface area contributed by atoms with Crippen molar-refractivity contribution in [2.45, 2.75) is 68.6 Å². The normalized spacial score (nSPS) is 15.7. The molecule has 0 saturated heterocycles. The van der Waals surface area contributed by atoms with Crippen molar-refractivity contribution in [2.75, 3.05) is 9.80 Å². The van der Waals surface area contributed by atoms with Gasteiger partial charge in [-0.2, -0.15) is 0 Å². The van der Waals surface area contributed by atoms with Gasteiger partial charge in [0.2, 0.25) is 0 Å². The molecule has 109 heavy (non-hydrogen) atoms. The lowest BCUT2D eigenvalue weighted by atomic mass is 9.64. The molecule has 16 aromatic rings. The molecule has 2 heteroatoms. The highest BCUT2D eigenvalue weighted by Crippen LogP contribution is 2.65. The molecule has 3 unspecified atom stereocenters. The summed E-state index contributed by atoms with van der Waals surface area (Å²) < 4.78 is 0. The molecular formula is C107H84N2. The third kappa shape index (κ3) is 10.3. The van der Waals surface area contributed by atoms with Crippen LogP contribution in [0.25, 0.3) is 67.1 Å². The maximum Gasteiger partial charge on any atom is 0.0727 e. The Morgan fingerprint density at radius 2 is 0.569 bits per heavy atom. The Hall–Kier alpha value is -12.9. The van der Waals surface area contributed by atoms with Crippen molar-refractivity contribution in [3.63, 3.8) is 0 Å². The quantitative estimate of drug-likeness (QED) is 0.100. The summed E-state index contributed by atoms with van der Waals surface area (Å²) in [7, 11) is 0. The number of benzene rings is 16. The van der Waals surface area contributed by atoms with E-state index in [1.54, 1.807) is 0 Å².